The first-order chi connectivity index (χ1) is 10.2. The smallest absolute Gasteiger partial charge is 0.309 e. The summed E-state index contributed by atoms with van der Waals surface area (Å²) >= 11 is 0. The van der Waals surface area contributed by atoms with Crippen molar-refractivity contribution in [2.75, 3.05) is 20.7 Å². The topological polar surface area (TPSA) is 45.3 Å². The molecule has 0 bridgehead atoms. The van der Waals surface area contributed by atoms with E-state index in [9.17, 15) is 4.79 Å². The van der Waals surface area contributed by atoms with E-state index in [1.807, 2.05) is 0 Å². The third-order valence-electron chi connectivity index (χ3n) is 5.26. The molecule has 2 heterocycles. The fourth-order valence-corrected chi connectivity index (χ4v) is 4.28. The highest BCUT2D eigenvalue weighted by Gasteiger charge is 2.41. The molecule has 1 N–H and O–H groups in total. The van der Waals surface area contributed by atoms with Crippen LogP contribution in [0.1, 0.15) is 23.5 Å². The molecule has 4 nitrogen and oxygen atoms in total. The first kappa shape index (κ1) is 12.9. The van der Waals surface area contributed by atoms with Gasteiger partial charge in [0.1, 0.15) is 0 Å². The lowest BCUT2D eigenvalue weighted by atomic mass is 9.72. The van der Waals surface area contributed by atoms with E-state index in [0.717, 1.165) is 19.4 Å². The van der Waals surface area contributed by atoms with E-state index in [0.29, 0.717) is 12.0 Å². The number of nitrogens with zero attached hydrogens (tertiary/aromatic N) is 1. The number of esters is 1. The zero-order valence-corrected chi connectivity index (χ0v) is 12.4. The maximum absolute atomic E-state index is 12.0. The van der Waals surface area contributed by atoms with Gasteiger partial charge in [0.25, 0.3) is 0 Å². The maximum atomic E-state index is 12.0. The fourth-order valence-electron chi connectivity index (χ4n) is 4.28. The summed E-state index contributed by atoms with van der Waals surface area (Å²) in [6.07, 6.45) is 4.10. The average molecular weight is 284 g/mol. The highest BCUT2D eigenvalue weighted by Crippen LogP contribution is 2.44. The molecule has 0 radical (unpaired) electrons. The fraction of sp³-hybridized carbons (Fsp3) is 0.471. The molecule has 21 heavy (non-hydrogen) atoms. The second-order valence-electron chi connectivity index (χ2n) is 6.36. The standard InChI is InChI=1S/C17H20N2O2/c1-19-9-11(17(20)21-2)6-13-12-4-3-5-14-16(12)10(8-18-14)7-15(13)19/h3-5,8,11,13,15,18H,6-7,9H2,1-2H3/t11-,13-,15-/m1/s1. The summed E-state index contributed by atoms with van der Waals surface area (Å²) in [6.45, 7) is 0.795. The first-order valence-electron chi connectivity index (χ1n) is 7.56. The molecule has 1 aliphatic carbocycles. The lowest BCUT2D eigenvalue weighted by Crippen LogP contribution is -2.49. The van der Waals surface area contributed by atoms with Crippen molar-refractivity contribution in [1.29, 1.82) is 0 Å². The number of fused-ring (bicyclic) bond motifs is 2. The quantitative estimate of drug-likeness (QED) is 0.817. The normalized spacial score (nSPS) is 28.4. The second kappa shape index (κ2) is 4.60. The Morgan fingerprint density at radius 1 is 1.43 bits per heavy atom. The number of piperidine rings is 1. The molecule has 1 aromatic heterocycles. The molecular weight excluding hydrogens is 264 g/mol. The Morgan fingerprint density at radius 3 is 3.10 bits per heavy atom. The lowest BCUT2D eigenvalue weighted by molar-refractivity contribution is -0.148. The largest absolute Gasteiger partial charge is 0.469 e. The molecule has 3 atom stereocenters. The molecule has 2 aliphatic rings. The minimum atomic E-state index is -0.0765. The lowest BCUT2D eigenvalue weighted by Gasteiger charge is -2.44. The van der Waals surface area contributed by atoms with E-state index in [1.165, 1.54) is 29.1 Å². The number of carbonyl (C=O) groups excluding carboxylic acids is 1. The van der Waals surface area contributed by atoms with Gasteiger partial charge in [-0.25, -0.2) is 0 Å². The predicted octanol–water partition coefficient (Wildman–Crippen LogP) is 2.30. The van der Waals surface area contributed by atoms with Crippen LogP contribution in [0.25, 0.3) is 10.9 Å². The molecule has 1 aliphatic heterocycles. The Balaban J connectivity index is 1.79. The van der Waals surface area contributed by atoms with Gasteiger partial charge in [0.15, 0.2) is 0 Å². The minimum Gasteiger partial charge on any atom is -0.469 e. The molecule has 2 aromatic rings. The van der Waals surface area contributed by atoms with Crippen molar-refractivity contribution in [3.8, 4) is 0 Å². The zero-order valence-electron chi connectivity index (χ0n) is 12.4. The first-order valence-corrected chi connectivity index (χ1v) is 7.56. The van der Waals surface area contributed by atoms with Gasteiger partial charge in [-0.15, -0.1) is 0 Å². The number of methoxy groups -OCH3 is 1. The van der Waals surface area contributed by atoms with E-state index in [2.05, 4.69) is 41.3 Å². The Bertz CT molecular complexity index is 706. The number of rotatable bonds is 1. The highest BCUT2D eigenvalue weighted by molar-refractivity contribution is 5.88. The van der Waals surface area contributed by atoms with Crippen molar-refractivity contribution in [2.24, 2.45) is 5.92 Å². The highest BCUT2D eigenvalue weighted by atomic mass is 16.5. The van der Waals surface area contributed by atoms with E-state index in [4.69, 9.17) is 4.74 Å². The molecule has 1 saturated heterocycles. The second-order valence-corrected chi connectivity index (χ2v) is 6.36. The van der Waals surface area contributed by atoms with E-state index in [-0.39, 0.29) is 11.9 Å². The van der Waals surface area contributed by atoms with Gasteiger partial charge in [-0.05, 0) is 37.1 Å². The molecular formula is C17H20N2O2. The monoisotopic (exact) mass is 284 g/mol. The average Bonchev–Trinajstić information content (AvgIpc) is 2.92. The number of hydrogen-bond acceptors (Lipinski definition) is 3. The molecule has 1 aromatic carbocycles. The number of carbonyl (C=O) groups is 1. The number of likely N-dealkylation sites (N-methyl/N-ethyl adjacent to an activating group) is 1. The summed E-state index contributed by atoms with van der Waals surface area (Å²) in [7, 11) is 3.62. The van der Waals surface area contributed by atoms with Crippen LogP contribution in [0.15, 0.2) is 24.4 Å². The van der Waals surface area contributed by atoms with Crippen molar-refractivity contribution in [2.45, 2.75) is 24.8 Å². The maximum Gasteiger partial charge on any atom is 0.309 e. The van der Waals surface area contributed by atoms with Crippen LogP contribution in [-0.4, -0.2) is 42.6 Å². The Labute approximate surface area is 124 Å². The van der Waals surface area contributed by atoms with Gasteiger partial charge in [0.2, 0.25) is 0 Å². The molecule has 0 spiro atoms. The molecule has 1 fully saturated rings. The molecule has 0 saturated carbocycles. The van der Waals surface area contributed by atoms with Crippen LogP contribution < -0.4 is 0 Å². The summed E-state index contributed by atoms with van der Waals surface area (Å²) in [5, 5.41) is 1.37. The number of likely N-dealkylation sites (tertiary alicyclic amines) is 1. The van der Waals surface area contributed by atoms with Crippen LogP contribution in [-0.2, 0) is 16.0 Å². The third kappa shape index (κ3) is 1.82. The van der Waals surface area contributed by atoms with Crippen LogP contribution in [0, 0.1) is 5.92 Å². The molecule has 0 amide bonds. The summed E-state index contributed by atoms with van der Waals surface area (Å²) in [4.78, 5) is 17.7. The molecule has 4 rings (SSSR count). The van der Waals surface area contributed by atoms with Crippen LogP contribution in [0.5, 0.6) is 0 Å². The number of ether oxygens (including phenoxy) is 1. The minimum absolute atomic E-state index is 0.0167. The zero-order chi connectivity index (χ0) is 14.6. The van der Waals surface area contributed by atoms with Crippen molar-refractivity contribution < 1.29 is 9.53 Å². The Kier molecular flexibility index (Phi) is 2.82. The SMILES string of the molecule is COC(=O)[C@@H]1C[C@@H]2c3cccc4[nH]cc(c34)C[C@H]2N(C)C1. The van der Waals surface area contributed by atoms with Crippen molar-refractivity contribution >= 4 is 16.9 Å². The Morgan fingerprint density at radius 2 is 2.29 bits per heavy atom. The van der Waals surface area contributed by atoms with Gasteiger partial charge >= 0.3 is 5.97 Å². The van der Waals surface area contributed by atoms with Gasteiger partial charge in [-0.3, -0.25) is 4.79 Å². The van der Waals surface area contributed by atoms with Crippen LogP contribution in [0.4, 0.5) is 0 Å². The van der Waals surface area contributed by atoms with Gasteiger partial charge in [-0.1, -0.05) is 12.1 Å². The summed E-state index contributed by atoms with van der Waals surface area (Å²) in [6, 6.07) is 6.96. The van der Waals surface area contributed by atoms with Crippen LogP contribution in [0.3, 0.4) is 0 Å². The van der Waals surface area contributed by atoms with Gasteiger partial charge in [0.05, 0.1) is 13.0 Å². The number of nitrogens with one attached hydrogen (secondary N) is 1. The number of aromatic nitrogens is 1. The van der Waals surface area contributed by atoms with Crippen molar-refractivity contribution in [1.82, 2.24) is 9.88 Å². The predicted molar refractivity (Wildman–Crippen MR) is 81.3 cm³/mol. The number of hydrogen-bond donors (Lipinski definition) is 1. The van der Waals surface area contributed by atoms with Crippen LogP contribution >= 0.6 is 0 Å². The summed E-state index contributed by atoms with van der Waals surface area (Å²) in [5.74, 6) is 0.323. The summed E-state index contributed by atoms with van der Waals surface area (Å²) < 4.78 is 4.97. The molecule has 0 unspecified atom stereocenters. The van der Waals surface area contributed by atoms with E-state index in [1.54, 1.807) is 0 Å². The number of benzene rings is 1. The summed E-state index contributed by atoms with van der Waals surface area (Å²) in [5.41, 5.74) is 4.01. The van der Waals surface area contributed by atoms with Gasteiger partial charge in [-0.2, -0.15) is 0 Å². The van der Waals surface area contributed by atoms with Crippen LogP contribution in [0.2, 0.25) is 0 Å². The number of H-pyrrole nitrogens is 1. The van der Waals surface area contributed by atoms with Crippen molar-refractivity contribution in [3.63, 3.8) is 0 Å². The molecule has 4 heteroatoms. The number of aromatic amines is 1. The van der Waals surface area contributed by atoms with E-state index >= 15 is 0 Å². The molecule has 110 valence electrons. The third-order valence-corrected chi connectivity index (χ3v) is 5.26. The Hall–Kier alpha value is -1.81. The van der Waals surface area contributed by atoms with Gasteiger partial charge in [0, 0.05) is 35.6 Å². The van der Waals surface area contributed by atoms with E-state index < -0.39 is 0 Å². The van der Waals surface area contributed by atoms with Gasteiger partial charge < -0.3 is 14.6 Å². The van der Waals surface area contributed by atoms with Crippen molar-refractivity contribution in [3.05, 3.63) is 35.5 Å².